The van der Waals surface area contributed by atoms with E-state index in [9.17, 15) is 13.5 Å². The van der Waals surface area contributed by atoms with Crippen molar-refractivity contribution in [3.63, 3.8) is 0 Å². The molecule has 3 atom stereocenters. The van der Waals surface area contributed by atoms with Crippen LogP contribution < -0.4 is 5.32 Å². The van der Waals surface area contributed by atoms with Crippen molar-refractivity contribution in [3.8, 4) is 0 Å². The molecule has 2 aliphatic heterocycles. The second-order valence-electron chi connectivity index (χ2n) is 4.74. The van der Waals surface area contributed by atoms with Crippen LogP contribution in [0.15, 0.2) is 0 Å². The second kappa shape index (κ2) is 5.00. The van der Waals surface area contributed by atoms with Gasteiger partial charge in [-0.1, -0.05) is 0 Å². The molecule has 6 heteroatoms. The van der Waals surface area contributed by atoms with E-state index in [1.165, 1.54) is 0 Å². The van der Waals surface area contributed by atoms with Crippen molar-refractivity contribution in [3.05, 3.63) is 0 Å². The fraction of sp³-hybridized carbons (Fsp3) is 1.00. The van der Waals surface area contributed by atoms with Crippen LogP contribution >= 0.6 is 0 Å². The minimum absolute atomic E-state index is 0.0573. The van der Waals surface area contributed by atoms with E-state index in [2.05, 4.69) is 5.32 Å². The highest BCUT2D eigenvalue weighted by Crippen LogP contribution is 2.15. The Bertz CT molecular complexity index is 324. The molecule has 2 fully saturated rings. The van der Waals surface area contributed by atoms with Gasteiger partial charge in [0.05, 0.1) is 24.2 Å². The molecule has 2 heterocycles. The maximum Gasteiger partial charge on any atom is 0.154 e. The summed E-state index contributed by atoms with van der Waals surface area (Å²) in [5.41, 5.74) is 0. The number of rotatable bonds is 3. The Balaban J connectivity index is 1.77. The van der Waals surface area contributed by atoms with Gasteiger partial charge in [-0.15, -0.1) is 0 Å². The van der Waals surface area contributed by atoms with Crippen molar-refractivity contribution in [1.29, 1.82) is 0 Å². The molecule has 2 saturated heterocycles. The Morgan fingerprint density at radius 1 is 1.38 bits per heavy atom. The van der Waals surface area contributed by atoms with E-state index in [0.717, 1.165) is 32.6 Å². The maximum atomic E-state index is 11.3. The summed E-state index contributed by atoms with van der Waals surface area (Å²) < 4.78 is 27.9. The van der Waals surface area contributed by atoms with Crippen LogP contribution in [0.4, 0.5) is 0 Å². The van der Waals surface area contributed by atoms with Crippen LogP contribution in [0.25, 0.3) is 0 Å². The molecule has 0 aromatic heterocycles. The van der Waals surface area contributed by atoms with Gasteiger partial charge in [-0.05, 0) is 18.8 Å². The van der Waals surface area contributed by atoms with E-state index in [1.54, 1.807) is 0 Å². The van der Waals surface area contributed by atoms with E-state index >= 15 is 0 Å². The highest BCUT2D eigenvalue weighted by Gasteiger charge is 2.36. The third-order valence-corrected chi connectivity index (χ3v) is 4.96. The van der Waals surface area contributed by atoms with Crippen LogP contribution in [0.5, 0.6) is 0 Å². The number of sulfone groups is 1. The third-order valence-electron chi connectivity index (χ3n) is 3.25. The van der Waals surface area contributed by atoms with Crippen molar-refractivity contribution in [2.24, 2.45) is 5.92 Å². The van der Waals surface area contributed by atoms with Gasteiger partial charge in [-0.25, -0.2) is 8.42 Å². The topological polar surface area (TPSA) is 75.6 Å². The Labute approximate surface area is 96.1 Å². The lowest BCUT2D eigenvalue weighted by Crippen LogP contribution is -2.42. The predicted molar refractivity (Wildman–Crippen MR) is 60.0 cm³/mol. The fourth-order valence-electron chi connectivity index (χ4n) is 2.31. The summed E-state index contributed by atoms with van der Waals surface area (Å²) in [6, 6.07) is -0.299. The number of nitrogens with one attached hydrogen (secondary N) is 1. The molecule has 0 aromatic carbocycles. The summed E-state index contributed by atoms with van der Waals surface area (Å²) in [4.78, 5) is 0. The molecule has 94 valence electrons. The van der Waals surface area contributed by atoms with Crippen LogP contribution in [-0.2, 0) is 14.6 Å². The summed E-state index contributed by atoms with van der Waals surface area (Å²) in [6.45, 7) is 2.30. The second-order valence-corrected chi connectivity index (χ2v) is 6.90. The fourth-order valence-corrected chi connectivity index (χ4v) is 4.09. The highest BCUT2D eigenvalue weighted by atomic mass is 32.2. The molecule has 2 aliphatic rings. The molecule has 0 aliphatic carbocycles. The van der Waals surface area contributed by atoms with Gasteiger partial charge in [0, 0.05) is 19.2 Å². The first kappa shape index (κ1) is 12.3. The molecule has 2 rings (SSSR count). The lowest BCUT2D eigenvalue weighted by atomic mass is 10.0. The number of aliphatic hydroxyl groups is 1. The number of ether oxygens (including phenoxy) is 1. The van der Waals surface area contributed by atoms with Crippen LogP contribution in [0, 0.1) is 5.92 Å². The first-order chi connectivity index (χ1) is 7.57. The molecule has 0 radical (unpaired) electrons. The zero-order valence-electron chi connectivity index (χ0n) is 9.26. The Hall–Kier alpha value is -0.170. The maximum absolute atomic E-state index is 11.3. The number of hydrogen-bond acceptors (Lipinski definition) is 5. The quantitative estimate of drug-likeness (QED) is 0.682. The smallest absolute Gasteiger partial charge is 0.154 e. The monoisotopic (exact) mass is 249 g/mol. The van der Waals surface area contributed by atoms with Crippen molar-refractivity contribution in [2.75, 3.05) is 31.3 Å². The van der Waals surface area contributed by atoms with E-state index in [1.807, 2.05) is 0 Å². The van der Waals surface area contributed by atoms with Gasteiger partial charge >= 0.3 is 0 Å². The van der Waals surface area contributed by atoms with Gasteiger partial charge in [-0.3, -0.25) is 0 Å². The van der Waals surface area contributed by atoms with Crippen molar-refractivity contribution in [1.82, 2.24) is 5.32 Å². The van der Waals surface area contributed by atoms with Crippen LogP contribution in [0.3, 0.4) is 0 Å². The SMILES string of the molecule is O=S1(=O)CC(O)C(NCC2CCCOC2)C1. The minimum atomic E-state index is -3.04. The molecular weight excluding hydrogens is 230 g/mol. The molecule has 0 saturated carbocycles. The zero-order valence-corrected chi connectivity index (χ0v) is 10.1. The summed E-state index contributed by atoms with van der Waals surface area (Å²) >= 11 is 0. The molecule has 16 heavy (non-hydrogen) atoms. The van der Waals surface area contributed by atoms with Crippen LogP contribution in [0.2, 0.25) is 0 Å². The molecule has 0 bridgehead atoms. The van der Waals surface area contributed by atoms with Crippen LogP contribution in [0.1, 0.15) is 12.8 Å². The highest BCUT2D eigenvalue weighted by molar-refractivity contribution is 7.91. The number of aliphatic hydroxyl groups excluding tert-OH is 1. The zero-order chi connectivity index (χ0) is 11.6. The Morgan fingerprint density at radius 3 is 2.75 bits per heavy atom. The molecule has 0 aromatic rings. The summed E-state index contributed by atoms with van der Waals surface area (Å²) in [5.74, 6) is 0.400. The molecule has 0 spiro atoms. The van der Waals surface area contributed by atoms with Gasteiger partial charge in [0.1, 0.15) is 0 Å². The average molecular weight is 249 g/mol. The van der Waals surface area contributed by atoms with Crippen LogP contribution in [-0.4, -0.2) is 56.9 Å². The van der Waals surface area contributed by atoms with Crippen molar-refractivity contribution < 1.29 is 18.3 Å². The lowest BCUT2D eigenvalue weighted by Gasteiger charge is -2.24. The first-order valence-electron chi connectivity index (χ1n) is 5.76. The first-order valence-corrected chi connectivity index (χ1v) is 7.58. The van der Waals surface area contributed by atoms with Gasteiger partial charge in [0.15, 0.2) is 9.84 Å². The number of hydrogen-bond donors (Lipinski definition) is 2. The largest absolute Gasteiger partial charge is 0.390 e. The third kappa shape index (κ3) is 3.16. The Morgan fingerprint density at radius 2 is 2.19 bits per heavy atom. The summed E-state index contributed by atoms with van der Waals surface area (Å²) in [5, 5.41) is 12.7. The van der Waals surface area contributed by atoms with Gasteiger partial charge in [0.25, 0.3) is 0 Å². The van der Waals surface area contributed by atoms with E-state index in [4.69, 9.17) is 4.74 Å². The molecule has 3 unspecified atom stereocenters. The van der Waals surface area contributed by atoms with Gasteiger partial charge in [0.2, 0.25) is 0 Å². The molecule has 2 N–H and O–H groups in total. The van der Waals surface area contributed by atoms with E-state index in [0.29, 0.717) is 5.92 Å². The van der Waals surface area contributed by atoms with Gasteiger partial charge < -0.3 is 15.2 Å². The Kier molecular flexibility index (Phi) is 3.84. The summed E-state index contributed by atoms with van der Waals surface area (Å²) in [6.07, 6.45) is 1.43. The normalized spacial score (nSPS) is 38.7. The average Bonchev–Trinajstić information content (AvgIpc) is 2.50. The molecule has 0 amide bonds. The van der Waals surface area contributed by atoms with E-state index < -0.39 is 15.9 Å². The van der Waals surface area contributed by atoms with E-state index in [-0.39, 0.29) is 17.5 Å². The van der Waals surface area contributed by atoms with Crippen molar-refractivity contribution in [2.45, 2.75) is 25.0 Å². The molecule has 5 nitrogen and oxygen atoms in total. The lowest BCUT2D eigenvalue weighted by molar-refractivity contribution is 0.0516. The van der Waals surface area contributed by atoms with Crippen molar-refractivity contribution >= 4 is 9.84 Å². The predicted octanol–water partition coefficient (Wildman–Crippen LogP) is -0.839. The minimum Gasteiger partial charge on any atom is -0.390 e. The summed E-state index contributed by atoms with van der Waals surface area (Å²) in [7, 11) is -3.04. The standard InChI is InChI=1S/C10H19NO4S/c12-10-7-16(13,14)6-9(10)11-4-8-2-1-3-15-5-8/h8-12H,1-7H2. The molecular formula is C10H19NO4S. The van der Waals surface area contributed by atoms with Gasteiger partial charge in [-0.2, -0.15) is 0 Å².